The summed E-state index contributed by atoms with van der Waals surface area (Å²) in [6.07, 6.45) is 2.73. The monoisotopic (exact) mass is 350 g/mol. The number of hydrogen-bond acceptors (Lipinski definition) is 6. The maximum absolute atomic E-state index is 5.27. The van der Waals surface area contributed by atoms with E-state index in [1.165, 1.54) is 0 Å². The van der Waals surface area contributed by atoms with Gasteiger partial charge in [0.25, 0.3) is 0 Å². The highest BCUT2D eigenvalue weighted by Gasteiger charge is 2.07. The average molecular weight is 351 g/mol. The SMILES string of the molecule is [Cl-].c1ccc(-n2nnnc2SCCCNCc2ccco2)cc1. The van der Waals surface area contributed by atoms with Gasteiger partial charge in [-0.05, 0) is 47.7 Å². The van der Waals surface area contributed by atoms with Gasteiger partial charge in [-0.15, -0.1) is 5.10 Å². The van der Waals surface area contributed by atoms with Crippen LogP contribution in [-0.4, -0.2) is 32.5 Å². The topological polar surface area (TPSA) is 68.8 Å². The lowest BCUT2D eigenvalue weighted by molar-refractivity contribution is -0.00000508. The molecule has 0 bridgehead atoms. The summed E-state index contributed by atoms with van der Waals surface area (Å²) in [4.78, 5) is 0. The summed E-state index contributed by atoms with van der Waals surface area (Å²) in [5.74, 6) is 1.92. The van der Waals surface area contributed by atoms with Gasteiger partial charge in [0.1, 0.15) is 5.76 Å². The van der Waals surface area contributed by atoms with Gasteiger partial charge in [-0.2, -0.15) is 4.68 Å². The Balaban J connectivity index is 0.00000192. The van der Waals surface area contributed by atoms with E-state index in [-0.39, 0.29) is 12.4 Å². The van der Waals surface area contributed by atoms with Crippen molar-refractivity contribution in [2.75, 3.05) is 12.3 Å². The van der Waals surface area contributed by atoms with Crippen molar-refractivity contribution in [3.05, 3.63) is 54.5 Å². The highest BCUT2D eigenvalue weighted by atomic mass is 35.5. The van der Waals surface area contributed by atoms with Crippen molar-refractivity contribution in [3.63, 3.8) is 0 Å². The molecule has 0 radical (unpaired) electrons. The predicted molar refractivity (Wildman–Crippen MR) is 84.9 cm³/mol. The Bertz CT molecular complexity index is 674. The minimum Gasteiger partial charge on any atom is -1.00 e. The van der Waals surface area contributed by atoms with Crippen molar-refractivity contribution in [3.8, 4) is 5.69 Å². The second kappa shape index (κ2) is 9.34. The number of rotatable bonds is 8. The van der Waals surface area contributed by atoms with Crippen LogP contribution in [0.2, 0.25) is 0 Å². The molecule has 0 aliphatic heterocycles. The first-order valence-corrected chi connectivity index (χ1v) is 8.12. The summed E-state index contributed by atoms with van der Waals surface area (Å²) in [6.45, 7) is 1.69. The van der Waals surface area contributed by atoms with Crippen LogP contribution in [0.1, 0.15) is 12.2 Å². The summed E-state index contributed by atoms with van der Waals surface area (Å²) in [5, 5.41) is 16.0. The molecule has 0 saturated heterocycles. The lowest BCUT2D eigenvalue weighted by atomic mass is 10.3. The largest absolute Gasteiger partial charge is 1.00 e. The highest BCUT2D eigenvalue weighted by Crippen LogP contribution is 2.18. The molecule has 0 unspecified atom stereocenters. The number of thioether (sulfide) groups is 1. The number of benzene rings is 1. The molecule has 0 saturated carbocycles. The number of nitrogens with zero attached hydrogens (tertiary/aromatic N) is 4. The van der Waals surface area contributed by atoms with Gasteiger partial charge in [-0.3, -0.25) is 0 Å². The van der Waals surface area contributed by atoms with Gasteiger partial charge in [0.05, 0.1) is 18.5 Å². The first-order chi connectivity index (χ1) is 10.9. The molecule has 2 heterocycles. The van der Waals surface area contributed by atoms with Gasteiger partial charge in [0, 0.05) is 5.75 Å². The Morgan fingerprint density at radius 1 is 1.13 bits per heavy atom. The van der Waals surface area contributed by atoms with E-state index < -0.39 is 0 Å². The molecule has 3 rings (SSSR count). The van der Waals surface area contributed by atoms with Crippen LogP contribution in [0.4, 0.5) is 0 Å². The molecule has 0 atom stereocenters. The summed E-state index contributed by atoms with van der Waals surface area (Å²) in [5.41, 5.74) is 0.978. The molecule has 0 aliphatic carbocycles. The first kappa shape index (κ1) is 17.5. The molecule has 3 aromatic rings. The molecule has 2 aromatic heterocycles. The quantitative estimate of drug-likeness (QED) is 0.437. The molecule has 0 aliphatic rings. The van der Waals surface area contributed by atoms with Crippen LogP contribution in [0.15, 0.2) is 58.3 Å². The van der Waals surface area contributed by atoms with Gasteiger partial charge >= 0.3 is 0 Å². The third-order valence-corrected chi connectivity index (χ3v) is 4.06. The molecular formula is C15H17ClN5OS-. The molecule has 122 valence electrons. The minimum atomic E-state index is 0. The Labute approximate surface area is 145 Å². The molecule has 0 amide bonds. The number of aromatic nitrogens is 4. The fourth-order valence-electron chi connectivity index (χ4n) is 1.99. The van der Waals surface area contributed by atoms with E-state index in [2.05, 4.69) is 20.8 Å². The van der Waals surface area contributed by atoms with Crippen molar-refractivity contribution in [2.45, 2.75) is 18.1 Å². The van der Waals surface area contributed by atoms with Crippen LogP contribution in [0.25, 0.3) is 5.69 Å². The van der Waals surface area contributed by atoms with Crippen molar-refractivity contribution in [2.24, 2.45) is 0 Å². The van der Waals surface area contributed by atoms with Gasteiger partial charge in [-0.1, -0.05) is 30.0 Å². The van der Waals surface area contributed by atoms with Crippen LogP contribution < -0.4 is 17.7 Å². The molecule has 8 heteroatoms. The van der Waals surface area contributed by atoms with Crippen LogP contribution in [0.3, 0.4) is 0 Å². The van der Waals surface area contributed by atoms with Crippen LogP contribution in [0.5, 0.6) is 0 Å². The zero-order valence-electron chi connectivity index (χ0n) is 12.4. The standard InChI is InChI=1S/C15H17N5OS.ClH/c1-2-6-13(7-3-1)20-15(17-18-19-20)22-11-5-9-16-12-14-8-4-10-21-14;/h1-4,6-8,10,16H,5,9,11-12H2;1H/p-1. The van der Waals surface area contributed by atoms with Crippen molar-refractivity contribution >= 4 is 11.8 Å². The lowest BCUT2D eigenvalue weighted by Crippen LogP contribution is -3.00. The van der Waals surface area contributed by atoms with Crippen LogP contribution in [0, 0.1) is 0 Å². The van der Waals surface area contributed by atoms with Gasteiger partial charge in [0.15, 0.2) is 0 Å². The third-order valence-electron chi connectivity index (χ3n) is 3.05. The molecular weight excluding hydrogens is 334 g/mol. The number of furan rings is 1. The molecule has 0 spiro atoms. The van der Waals surface area contributed by atoms with Crippen molar-refractivity contribution in [1.29, 1.82) is 0 Å². The minimum absolute atomic E-state index is 0. The summed E-state index contributed by atoms with van der Waals surface area (Å²) >= 11 is 1.66. The van der Waals surface area contributed by atoms with Gasteiger partial charge < -0.3 is 22.1 Å². The lowest BCUT2D eigenvalue weighted by Gasteiger charge is -2.04. The maximum Gasteiger partial charge on any atom is 0.214 e. The number of tetrazole rings is 1. The second-order valence-corrected chi connectivity index (χ2v) is 5.73. The van der Waals surface area contributed by atoms with E-state index in [0.29, 0.717) is 0 Å². The number of hydrogen-bond donors (Lipinski definition) is 1. The predicted octanol–water partition coefficient (Wildman–Crippen LogP) is -0.469. The molecule has 6 nitrogen and oxygen atoms in total. The van der Waals surface area contributed by atoms with E-state index in [4.69, 9.17) is 4.42 Å². The summed E-state index contributed by atoms with van der Waals surface area (Å²) in [6, 6.07) is 13.8. The van der Waals surface area contributed by atoms with E-state index in [1.807, 2.05) is 42.5 Å². The smallest absolute Gasteiger partial charge is 0.214 e. The molecule has 23 heavy (non-hydrogen) atoms. The van der Waals surface area contributed by atoms with Crippen LogP contribution in [-0.2, 0) is 6.54 Å². The highest BCUT2D eigenvalue weighted by molar-refractivity contribution is 7.99. The van der Waals surface area contributed by atoms with Gasteiger partial charge in [-0.25, -0.2) is 0 Å². The van der Waals surface area contributed by atoms with Crippen LogP contribution >= 0.6 is 11.8 Å². The van der Waals surface area contributed by atoms with E-state index >= 15 is 0 Å². The van der Waals surface area contributed by atoms with Crippen molar-refractivity contribution in [1.82, 2.24) is 25.5 Å². The van der Waals surface area contributed by atoms with E-state index in [9.17, 15) is 0 Å². The van der Waals surface area contributed by atoms with E-state index in [1.54, 1.807) is 22.7 Å². The number of halogens is 1. The number of para-hydroxylation sites is 1. The Kier molecular flexibility index (Phi) is 7.12. The van der Waals surface area contributed by atoms with Crippen molar-refractivity contribution < 1.29 is 16.8 Å². The molecule has 1 N–H and O–H groups in total. The normalized spacial score (nSPS) is 10.4. The van der Waals surface area contributed by atoms with Gasteiger partial charge in [0.2, 0.25) is 5.16 Å². The Morgan fingerprint density at radius 3 is 2.78 bits per heavy atom. The average Bonchev–Trinajstić information content (AvgIpc) is 3.23. The Morgan fingerprint density at radius 2 is 2.00 bits per heavy atom. The zero-order valence-corrected chi connectivity index (χ0v) is 14.0. The Hall–Kier alpha value is -1.83. The number of nitrogens with one attached hydrogen (secondary N) is 1. The third kappa shape index (κ3) is 5.09. The first-order valence-electron chi connectivity index (χ1n) is 7.13. The summed E-state index contributed by atoms with van der Waals surface area (Å²) in [7, 11) is 0. The molecule has 0 fully saturated rings. The fraction of sp³-hybridized carbons (Fsp3) is 0.267. The fourth-order valence-corrected chi connectivity index (χ4v) is 2.82. The molecule has 1 aromatic carbocycles. The zero-order chi connectivity index (χ0) is 15.0. The second-order valence-electron chi connectivity index (χ2n) is 4.67. The van der Waals surface area contributed by atoms with E-state index in [0.717, 1.165) is 41.9 Å². The maximum atomic E-state index is 5.27. The summed E-state index contributed by atoms with van der Waals surface area (Å²) < 4.78 is 7.03.